The van der Waals surface area contributed by atoms with Crippen LogP contribution in [0.2, 0.25) is 0 Å². The lowest BCUT2D eigenvalue weighted by Crippen LogP contribution is -2.12. The number of thiocarbonyl (C=S) groups is 1. The SMILES string of the molecule is CCSc1cccc(Oc2ccc(Br)cc2C)c1C(N)=S. The van der Waals surface area contributed by atoms with Crippen LogP contribution in [0.25, 0.3) is 0 Å². The summed E-state index contributed by atoms with van der Waals surface area (Å²) in [7, 11) is 0. The van der Waals surface area contributed by atoms with E-state index in [1.165, 1.54) is 0 Å². The highest BCUT2D eigenvalue weighted by molar-refractivity contribution is 9.10. The van der Waals surface area contributed by atoms with Gasteiger partial charge in [0.2, 0.25) is 0 Å². The first kappa shape index (κ1) is 16.3. The number of hydrogen-bond donors (Lipinski definition) is 1. The Balaban J connectivity index is 2.43. The van der Waals surface area contributed by atoms with Crippen LogP contribution >= 0.6 is 39.9 Å². The average molecular weight is 382 g/mol. The van der Waals surface area contributed by atoms with E-state index in [1.807, 2.05) is 43.3 Å². The minimum atomic E-state index is 0.358. The van der Waals surface area contributed by atoms with Gasteiger partial charge in [-0.1, -0.05) is 41.1 Å². The first-order chi connectivity index (χ1) is 10.0. The van der Waals surface area contributed by atoms with Gasteiger partial charge in [0.15, 0.2) is 0 Å². The second-order valence-electron chi connectivity index (χ2n) is 4.44. The van der Waals surface area contributed by atoms with E-state index in [1.54, 1.807) is 11.8 Å². The van der Waals surface area contributed by atoms with Crippen LogP contribution in [0.1, 0.15) is 18.1 Å². The molecule has 110 valence electrons. The number of halogens is 1. The van der Waals surface area contributed by atoms with Gasteiger partial charge in [0.25, 0.3) is 0 Å². The van der Waals surface area contributed by atoms with Crippen LogP contribution in [-0.2, 0) is 0 Å². The highest BCUT2D eigenvalue weighted by Gasteiger charge is 2.14. The van der Waals surface area contributed by atoms with Gasteiger partial charge in [0.1, 0.15) is 16.5 Å². The lowest BCUT2D eigenvalue weighted by atomic mass is 10.2. The predicted octanol–water partition coefficient (Wildman–Crippen LogP) is 5.30. The van der Waals surface area contributed by atoms with E-state index in [2.05, 4.69) is 22.9 Å². The third kappa shape index (κ3) is 3.99. The van der Waals surface area contributed by atoms with Crippen molar-refractivity contribution < 1.29 is 4.74 Å². The molecule has 5 heteroatoms. The Hall–Kier alpha value is -1.04. The van der Waals surface area contributed by atoms with Crippen molar-refractivity contribution >= 4 is 44.9 Å². The van der Waals surface area contributed by atoms with E-state index >= 15 is 0 Å². The van der Waals surface area contributed by atoms with Crippen molar-refractivity contribution in [2.45, 2.75) is 18.7 Å². The summed E-state index contributed by atoms with van der Waals surface area (Å²) in [4.78, 5) is 1.41. The van der Waals surface area contributed by atoms with Crippen molar-refractivity contribution in [1.82, 2.24) is 0 Å². The van der Waals surface area contributed by atoms with Crippen LogP contribution < -0.4 is 10.5 Å². The molecule has 2 rings (SSSR count). The van der Waals surface area contributed by atoms with E-state index in [4.69, 9.17) is 22.7 Å². The minimum Gasteiger partial charge on any atom is -0.456 e. The van der Waals surface area contributed by atoms with Gasteiger partial charge in [0, 0.05) is 9.37 Å². The molecule has 0 atom stereocenters. The third-order valence-electron chi connectivity index (χ3n) is 2.89. The largest absolute Gasteiger partial charge is 0.456 e. The van der Waals surface area contributed by atoms with Gasteiger partial charge in [-0.2, -0.15) is 0 Å². The minimum absolute atomic E-state index is 0.358. The van der Waals surface area contributed by atoms with Crippen LogP contribution in [0.5, 0.6) is 11.5 Å². The fourth-order valence-electron chi connectivity index (χ4n) is 1.96. The van der Waals surface area contributed by atoms with E-state index in [0.29, 0.717) is 10.7 Å². The highest BCUT2D eigenvalue weighted by atomic mass is 79.9. The molecule has 0 fully saturated rings. The third-order valence-corrected chi connectivity index (χ3v) is 4.53. The van der Waals surface area contributed by atoms with Gasteiger partial charge in [-0.3, -0.25) is 0 Å². The van der Waals surface area contributed by atoms with Crippen LogP contribution in [0.15, 0.2) is 45.8 Å². The number of ether oxygens (including phenoxy) is 1. The standard InChI is InChI=1S/C16H16BrNOS2/c1-3-21-14-6-4-5-13(15(14)16(18)20)19-12-8-7-11(17)9-10(12)2/h4-9H,3H2,1-2H3,(H2,18,20). The Morgan fingerprint density at radius 2 is 2.05 bits per heavy atom. The first-order valence-corrected chi connectivity index (χ1v) is 8.71. The molecule has 2 aromatic rings. The average Bonchev–Trinajstić information content (AvgIpc) is 2.42. The van der Waals surface area contributed by atoms with E-state index < -0.39 is 0 Å². The smallest absolute Gasteiger partial charge is 0.138 e. The Labute approximate surface area is 143 Å². The molecule has 0 bridgehead atoms. The molecule has 0 unspecified atom stereocenters. The lowest BCUT2D eigenvalue weighted by Gasteiger charge is -2.15. The normalized spacial score (nSPS) is 10.4. The molecular formula is C16H16BrNOS2. The zero-order valence-electron chi connectivity index (χ0n) is 11.9. The Morgan fingerprint density at radius 1 is 1.29 bits per heavy atom. The monoisotopic (exact) mass is 381 g/mol. The molecule has 0 heterocycles. The fraction of sp³-hybridized carbons (Fsp3) is 0.188. The zero-order valence-corrected chi connectivity index (χ0v) is 15.1. The van der Waals surface area contributed by atoms with Crippen molar-refractivity contribution in [3.8, 4) is 11.5 Å². The summed E-state index contributed by atoms with van der Waals surface area (Å²) in [6.45, 7) is 4.10. The number of rotatable bonds is 5. The van der Waals surface area contributed by atoms with Crippen molar-refractivity contribution in [3.63, 3.8) is 0 Å². The number of thioether (sulfide) groups is 1. The van der Waals surface area contributed by atoms with Crippen LogP contribution in [0.4, 0.5) is 0 Å². The first-order valence-electron chi connectivity index (χ1n) is 6.52. The second kappa shape index (κ2) is 7.29. The molecule has 2 aromatic carbocycles. The maximum atomic E-state index is 6.04. The van der Waals surface area contributed by atoms with Crippen LogP contribution in [-0.4, -0.2) is 10.7 Å². The Bertz CT molecular complexity index is 673. The fourth-order valence-corrected chi connectivity index (χ4v) is 3.55. The van der Waals surface area contributed by atoms with Crippen molar-refractivity contribution in [2.24, 2.45) is 5.73 Å². The molecule has 0 aliphatic carbocycles. The topological polar surface area (TPSA) is 35.2 Å². The lowest BCUT2D eigenvalue weighted by molar-refractivity contribution is 0.476. The molecule has 0 aliphatic rings. The van der Waals surface area contributed by atoms with E-state index in [0.717, 1.165) is 32.0 Å². The summed E-state index contributed by atoms with van der Waals surface area (Å²) in [5.74, 6) is 2.46. The predicted molar refractivity (Wildman–Crippen MR) is 97.7 cm³/mol. The molecule has 2 N–H and O–H groups in total. The molecular weight excluding hydrogens is 366 g/mol. The number of benzene rings is 2. The van der Waals surface area contributed by atoms with Gasteiger partial charge < -0.3 is 10.5 Å². The molecule has 0 saturated heterocycles. The number of hydrogen-bond acceptors (Lipinski definition) is 3. The number of aryl methyl sites for hydroxylation is 1. The van der Waals surface area contributed by atoms with Gasteiger partial charge in [-0.25, -0.2) is 0 Å². The maximum absolute atomic E-state index is 6.04. The quantitative estimate of drug-likeness (QED) is 0.563. The Kier molecular flexibility index (Phi) is 5.67. The molecule has 0 aromatic heterocycles. The van der Waals surface area contributed by atoms with Gasteiger partial charge in [-0.05, 0) is 48.6 Å². The summed E-state index contributed by atoms with van der Waals surface area (Å²) >= 11 is 10.4. The second-order valence-corrected chi connectivity index (χ2v) is 7.10. The summed E-state index contributed by atoms with van der Waals surface area (Å²) in [5.41, 5.74) is 7.75. The molecule has 0 saturated carbocycles. The highest BCUT2D eigenvalue weighted by Crippen LogP contribution is 2.34. The molecule has 0 amide bonds. The number of nitrogens with two attached hydrogens (primary N) is 1. The van der Waals surface area contributed by atoms with Crippen molar-refractivity contribution in [3.05, 3.63) is 52.0 Å². The summed E-state index contributed by atoms with van der Waals surface area (Å²) in [6, 6.07) is 11.8. The van der Waals surface area contributed by atoms with Gasteiger partial charge >= 0.3 is 0 Å². The summed E-state index contributed by atoms with van der Waals surface area (Å²) < 4.78 is 7.07. The van der Waals surface area contributed by atoms with E-state index in [9.17, 15) is 0 Å². The molecule has 0 radical (unpaired) electrons. The van der Waals surface area contributed by atoms with E-state index in [-0.39, 0.29) is 0 Å². The molecule has 0 spiro atoms. The van der Waals surface area contributed by atoms with Gasteiger partial charge in [0.05, 0.1) is 5.56 Å². The summed E-state index contributed by atoms with van der Waals surface area (Å²) in [6.07, 6.45) is 0. The Morgan fingerprint density at radius 3 is 2.67 bits per heavy atom. The van der Waals surface area contributed by atoms with Crippen LogP contribution in [0.3, 0.4) is 0 Å². The zero-order chi connectivity index (χ0) is 15.4. The summed E-state index contributed by atoms with van der Waals surface area (Å²) in [5, 5.41) is 0. The van der Waals surface area contributed by atoms with Crippen LogP contribution in [0, 0.1) is 6.92 Å². The molecule has 0 aliphatic heterocycles. The van der Waals surface area contributed by atoms with Crippen molar-refractivity contribution in [1.29, 1.82) is 0 Å². The molecule has 2 nitrogen and oxygen atoms in total. The van der Waals surface area contributed by atoms with Gasteiger partial charge in [-0.15, -0.1) is 11.8 Å². The molecule has 21 heavy (non-hydrogen) atoms. The maximum Gasteiger partial charge on any atom is 0.138 e. The van der Waals surface area contributed by atoms with Crippen molar-refractivity contribution in [2.75, 3.05) is 5.75 Å².